The zero-order valence-corrected chi connectivity index (χ0v) is 16.6. The minimum absolute atomic E-state index is 0.00359. The summed E-state index contributed by atoms with van der Waals surface area (Å²) < 4.78 is 1.73. The maximum atomic E-state index is 12.8. The summed E-state index contributed by atoms with van der Waals surface area (Å²) in [6.07, 6.45) is 4.53. The number of hydrogen-bond acceptors (Lipinski definition) is 3. The van der Waals surface area contributed by atoms with Crippen LogP contribution in [0.5, 0.6) is 0 Å². The molecule has 144 valence electrons. The number of aromatic amines is 1. The first-order valence-electron chi connectivity index (χ1n) is 9.57. The summed E-state index contributed by atoms with van der Waals surface area (Å²) in [5.74, 6) is -0.135. The molecule has 0 saturated heterocycles. The van der Waals surface area contributed by atoms with Crippen LogP contribution < -0.4 is 10.9 Å². The lowest BCUT2D eigenvalue weighted by Gasteiger charge is -2.30. The summed E-state index contributed by atoms with van der Waals surface area (Å²) in [5, 5.41) is 3.64. The Kier molecular flexibility index (Phi) is 4.89. The lowest BCUT2D eigenvalue weighted by atomic mass is 9.79. The lowest BCUT2D eigenvalue weighted by Crippen LogP contribution is -2.39. The van der Waals surface area contributed by atoms with Gasteiger partial charge in [-0.1, -0.05) is 43.2 Å². The van der Waals surface area contributed by atoms with Crippen LogP contribution in [0.2, 0.25) is 0 Å². The van der Waals surface area contributed by atoms with Crippen molar-refractivity contribution in [1.82, 2.24) is 14.9 Å². The van der Waals surface area contributed by atoms with Gasteiger partial charge in [-0.25, -0.2) is 0 Å². The highest BCUT2D eigenvalue weighted by Crippen LogP contribution is 2.40. The van der Waals surface area contributed by atoms with Crippen molar-refractivity contribution in [3.63, 3.8) is 0 Å². The average Bonchev–Trinajstić information content (AvgIpc) is 3.21. The SMILES string of the molecule is Cn1c(=S)[nH]c2cc(C(=O)NCC3(c4ccccc4)CCCC3)ccc2c1=O. The molecule has 4 rings (SSSR count). The maximum Gasteiger partial charge on any atom is 0.261 e. The van der Waals surface area contributed by atoms with Gasteiger partial charge in [-0.15, -0.1) is 0 Å². The third-order valence-electron chi connectivity index (χ3n) is 5.90. The molecule has 2 N–H and O–H groups in total. The van der Waals surface area contributed by atoms with E-state index in [1.807, 2.05) is 6.07 Å². The van der Waals surface area contributed by atoms with Crippen molar-refractivity contribution in [2.24, 2.45) is 7.05 Å². The number of nitrogens with zero attached hydrogens (tertiary/aromatic N) is 1. The molecule has 0 bridgehead atoms. The van der Waals surface area contributed by atoms with Crippen LogP contribution in [-0.2, 0) is 12.5 Å². The van der Waals surface area contributed by atoms with Gasteiger partial charge < -0.3 is 10.3 Å². The minimum atomic E-state index is -0.167. The van der Waals surface area contributed by atoms with E-state index < -0.39 is 0 Å². The number of fused-ring (bicyclic) bond motifs is 1. The summed E-state index contributed by atoms with van der Waals surface area (Å²) in [6, 6.07) is 15.5. The number of nitrogens with one attached hydrogen (secondary N) is 2. The molecule has 1 amide bonds. The second-order valence-corrected chi connectivity index (χ2v) is 7.98. The molecule has 3 aromatic rings. The third-order valence-corrected chi connectivity index (χ3v) is 6.27. The van der Waals surface area contributed by atoms with Crippen molar-refractivity contribution in [2.75, 3.05) is 6.54 Å². The molecule has 0 unspecified atom stereocenters. The average molecular weight is 394 g/mol. The predicted molar refractivity (Wildman–Crippen MR) is 113 cm³/mol. The standard InChI is InChI=1S/C22H23N3O2S/c1-25-20(27)17-10-9-15(13-18(17)24-21(25)28)19(26)23-14-22(11-5-6-12-22)16-7-3-2-4-8-16/h2-4,7-10,13H,5-6,11-12,14H2,1H3,(H,23,26)(H,24,28). The molecule has 1 heterocycles. The largest absolute Gasteiger partial charge is 0.351 e. The fourth-order valence-electron chi connectivity index (χ4n) is 4.21. The number of carbonyl (C=O) groups excluding carboxylic acids is 1. The molecule has 0 radical (unpaired) electrons. The van der Waals surface area contributed by atoms with Crippen LogP contribution >= 0.6 is 12.2 Å². The zero-order chi connectivity index (χ0) is 19.7. The molecule has 28 heavy (non-hydrogen) atoms. The Bertz CT molecular complexity index is 1140. The number of benzene rings is 2. The van der Waals surface area contributed by atoms with Crippen molar-refractivity contribution in [1.29, 1.82) is 0 Å². The second kappa shape index (κ2) is 7.36. The highest BCUT2D eigenvalue weighted by Gasteiger charge is 2.35. The highest BCUT2D eigenvalue weighted by atomic mass is 32.1. The summed E-state index contributed by atoms with van der Waals surface area (Å²) in [5.41, 5.74) is 2.23. The Morgan fingerprint density at radius 2 is 1.89 bits per heavy atom. The topological polar surface area (TPSA) is 66.9 Å². The summed E-state index contributed by atoms with van der Waals surface area (Å²) in [7, 11) is 1.63. The van der Waals surface area contributed by atoms with E-state index in [1.54, 1.807) is 25.2 Å². The van der Waals surface area contributed by atoms with Crippen molar-refractivity contribution in [3.8, 4) is 0 Å². The van der Waals surface area contributed by atoms with Gasteiger partial charge in [0.25, 0.3) is 11.5 Å². The number of aromatic nitrogens is 2. The van der Waals surface area contributed by atoms with Crippen LogP contribution in [0.4, 0.5) is 0 Å². The summed E-state index contributed by atoms with van der Waals surface area (Å²) >= 11 is 5.18. The van der Waals surface area contributed by atoms with E-state index in [0.717, 1.165) is 12.8 Å². The van der Waals surface area contributed by atoms with Gasteiger partial charge in [-0.3, -0.25) is 14.2 Å². The van der Waals surface area contributed by atoms with Crippen LogP contribution in [0.1, 0.15) is 41.6 Å². The van der Waals surface area contributed by atoms with Gasteiger partial charge in [0.2, 0.25) is 0 Å². The first-order chi connectivity index (χ1) is 13.5. The molecule has 1 fully saturated rings. The van der Waals surface area contributed by atoms with Crippen LogP contribution in [0, 0.1) is 4.77 Å². The Labute approximate surface area is 168 Å². The Morgan fingerprint density at radius 3 is 2.61 bits per heavy atom. The lowest BCUT2D eigenvalue weighted by molar-refractivity contribution is 0.0943. The van der Waals surface area contributed by atoms with Gasteiger partial charge >= 0.3 is 0 Å². The number of amides is 1. The van der Waals surface area contributed by atoms with E-state index in [2.05, 4.69) is 34.6 Å². The van der Waals surface area contributed by atoms with Crippen LogP contribution in [0.3, 0.4) is 0 Å². The third kappa shape index (κ3) is 3.29. The van der Waals surface area contributed by atoms with E-state index in [0.29, 0.717) is 27.8 Å². The van der Waals surface area contributed by atoms with Crippen molar-refractivity contribution >= 4 is 29.0 Å². The predicted octanol–water partition coefficient (Wildman–Crippen LogP) is 3.84. The number of carbonyl (C=O) groups is 1. The van der Waals surface area contributed by atoms with E-state index in [9.17, 15) is 9.59 Å². The van der Waals surface area contributed by atoms with Gasteiger partial charge in [-0.05, 0) is 48.8 Å². The first-order valence-corrected chi connectivity index (χ1v) is 9.98. The number of H-pyrrole nitrogens is 1. The van der Waals surface area contributed by atoms with Gasteiger partial charge in [0.15, 0.2) is 4.77 Å². The molecule has 0 spiro atoms. The monoisotopic (exact) mass is 393 g/mol. The van der Waals surface area contributed by atoms with Crippen LogP contribution in [0.15, 0.2) is 53.3 Å². The van der Waals surface area contributed by atoms with E-state index >= 15 is 0 Å². The molecule has 0 aliphatic heterocycles. The summed E-state index contributed by atoms with van der Waals surface area (Å²) in [6.45, 7) is 0.612. The second-order valence-electron chi connectivity index (χ2n) is 7.59. The minimum Gasteiger partial charge on any atom is -0.351 e. The number of hydrogen-bond donors (Lipinski definition) is 2. The van der Waals surface area contributed by atoms with Crippen molar-refractivity contribution in [2.45, 2.75) is 31.1 Å². The zero-order valence-electron chi connectivity index (χ0n) is 15.8. The Morgan fingerprint density at radius 1 is 1.18 bits per heavy atom. The normalized spacial score (nSPS) is 15.6. The maximum absolute atomic E-state index is 12.8. The fraction of sp³-hybridized carbons (Fsp3) is 0.318. The van der Waals surface area contributed by atoms with Gasteiger partial charge in [0.1, 0.15) is 0 Å². The highest BCUT2D eigenvalue weighted by molar-refractivity contribution is 7.71. The van der Waals surface area contributed by atoms with Gasteiger partial charge in [0, 0.05) is 24.6 Å². The molecule has 6 heteroatoms. The molecule has 2 aromatic carbocycles. The molecule has 1 saturated carbocycles. The van der Waals surface area contributed by atoms with Gasteiger partial charge in [-0.2, -0.15) is 0 Å². The van der Waals surface area contributed by atoms with Crippen LogP contribution in [-0.4, -0.2) is 22.0 Å². The molecular formula is C22H23N3O2S. The first kappa shape index (κ1) is 18.6. The van der Waals surface area contributed by atoms with E-state index in [4.69, 9.17) is 12.2 Å². The van der Waals surface area contributed by atoms with E-state index in [1.165, 1.54) is 23.0 Å². The quantitative estimate of drug-likeness (QED) is 0.662. The fourth-order valence-corrected chi connectivity index (χ4v) is 4.40. The smallest absolute Gasteiger partial charge is 0.261 e. The molecule has 0 atom stereocenters. The molecule has 1 aliphatic rings. The Balaban J connectivity index is 1.59. The Hall–Kier alpha value is -2.73. The summed E-state index contributed by atoms with van der Waals surface area (Å²) in [4.78, 5) is 28.1. The molecular weight excluding hydrogens is 370 g/mol. The van der Waals surface area contributed by atoms with Crippen molar-refractivity contribution < 1.29 is 4.79 Å². The molecule has 5 nitrogen and oxygen atoms in total. The van der Waals surface area contributed by atoms with Crippen molar-refractivity contribution in [3.05, 3.63) is 74.8 Å². The molecule has 1 aromatic heterocycles. The van der Waals surface area contributed by atoms with Gasteiger partial charge in [0.05, 0.1) is 10.9 Å². The molecule has 1 aliphatic carbocycles. The van der Waals surface area contributed by atoms with E-state index in [-0.39, 0.29) is 16.9 Å². The van der Waals surface area contributed by atoms with Crippen LogP contribution in [0.25, 0.3) is 10.9 Å². The number of rotatable bonds is 4.